The number of hydrogen-bond donors (Lipinski definition) is 1. The lowest BCUT2D eigenvalue weighted by Crippen LogP contribution is -2.53. The smallest absolute Gasteiger partial charge is 0.425 e. The van der Waals surface area contributed by atoms with Crippen molar-refractivity contribution in [2.75, 3.05) is 27.2 Å². The van der Waals surface area contributed by atoms with E-state index in [0.717, 1.165) is 8.61 Å². The van der Waals surface area contributed by atoms with Crippen molar-refractivity contribution >= 4 is 16.3 Å². The number of carbonyl (C=O) groups excluding carboxylic acids is 1. The highest BCUT2D eigenvalue weighted by Crippen LogP contribution is 2.21. The van der Waals surface area contributed by atoms with Gasteiger partial charge in [-0.05, 0) is 46.7 Å². The minimum absolute atomic E-state index is 0.363. The maximum atomic E-state index is 12.4. The van der Waals surface area contributed by atoms with Crippen molar-refractivity contribution in [3.8, 4) is 0 Å². The molecule has 0 aromatic carbocycles. The van der Waals surface area contributed by atoms with E-state index in [0.29, 0.717) is 25.9 Å². The number of hydrogen-bond acceptors (Lipinski definition) is 5. The first kappa shape index (κ1) is 17.2. The molecule has 0 radical (unpaired) electrons. The van der Waals surface area contributed by atoms with Crippen LogP contribution in [0.15, 0.2) is 0 Å². The van der Waals surface area contributed by atoms with Crippen molar-refractivity contribution in [3.05, 3.63) is 0 Å². The lowest BCUT2D eigenvalue weighted by molar-refractivity contribution is 0.0310. The predicted molar refractivity (Wildman–Crippen MR) is 76.6 cm³/mol. The van der Waals surface area contributed by atoms with E-state index in [4.69, 9.17) is 4.74 Å². The molecule has 1 amide bonds. The highest BCUT2D eigenvalue weighted by molar-refractivity contribution is 7.87. The lowest BCUT2D eigenvalue weighted by Gasteiger charge is -2.36. The monoisotopic (exact) mass is 307 g/mol. The van der Waals surface area contributed by atoms with Gasteiger partial charge in [-0.3, -0.25) is 0 Å². The number of ether oxygens (including phenoxy) is 1. The number of carbonyl (C=O) groups is 1. The molecule has 0 aromatic rings. The Balaban J connectivity index is 3.04. The van der Waals surface area contributed by atoms with Gasteiger partial charge in [-0.25, -0.2) is 4.79 Å². The van der Waals surface area contributed by atoms with Crippen LogP contribution in [0.3, 0.4) is 0 Å². The van der Waals surface area contributed by atoms with Crippen LogP contribution in [0.5, 0.6) is 0 Å². The molecule has 1 N–H and O–H groups in total. The van der Waals surface area contributed by atoms with Crippen LogP contribution in [0, 0.1) is 0 Å². The molecule has 1 fully saturated rings. The molecule has 0 atom stereocenters. The molecule has 0 aliphatic carbocycles. The molecule has 1 heterocycles. The van der Waals surface area contributed by atoms with Crippen molar-refractivity contribution in [1.82, 2.24) is 13.9 Å². The maximum absolute atomic E-state index is 12.4. The Bertz CT molecular complexity index is 436. The zero-order chi connectivity index (χ0) is 15.6. The van der Waals surface area contributed by atoms with E-state index in [1.165, 1.54) is 14.1 Å². The van der Waals surface area contributed by atoms with E-state index >= 15 is 0 Å². The van der Waals surface area contributed by atoms with Gasteiger partial charge >= 0.3 is 16.3 Å². The Hall–Kier alpha value is -0.860. The third kappa shape index (κ3) is 4.32. The zero-order valence-electron chi connectivity index (χ0n) is 12.8. The van der Waals surface area contributed by atoms with Gasteiger partial charge in [-0.2, -0.15) is 17.0 Å². The van der Waals surface area contributed by atoms with E-state index in [-0.39, 0.29) is 6.04 Å². The maximum Gasteiger partial charge on any atom is 0.425 e. The fourth-order valence-electron chi connectivity index (χ4n) is 1.96. The normalized spacial score (nSPS) is 18.1. The van der Waals surface area contributed by atoms with E-state index in [9.17, 15) is 13.2 Å². The standard InChI is InChI=1S/C12H25N3O4S/c1-12(2,3)19-11(16)15(20(17,18)14(4)5)10-6-8-13-9-7-10/h10,13H,6-9H2,1-5H3. The van der Waals surface area contributed by atoms with E-state index in [1.54, 1.807) is 20.8 Å². The van der Waals surface area contributed by atoms with Gasteiger partial charge in [0.05, 0.1) is 6.04 Å². The molecule has 20 heavy (non-hydrogen) atoms. The summed E-state index contributed by atoms with van der Waals surface area (Å²) in [5.74, 6) is 0. The molecule has 1 saturated heterocycles. The fourth-order valence-corrected chi connectivity index (χ4v) is 3.12. The number of amides is 1. The Kier molecular flexibility index (Phi) is 5.39. The van der Waals surface area contributed by atoms with Gasteiger partial charge in [0.15, 0.2) is 0 Å². The lowest BCUT2D eigenvalue weighted by atomic mass is 10.1. The SMILES string of the molecule is CN(C)S(=O)(=O)N(C(=O)OC(C)(C)C)C1CCNCC1. The summed E-state index contributed by atoms with van der Waals surface area (Å²) in [5, 5.41) is 3.15. The van der Waals surface area contributed by atoms with Crippen LogP contribution < -0.4 is 5.32 Å². The first-order chi connectivity index (χ1) is 9.05. The Morgan fingerprint density at radius 2 is 1.70 bits per heavy atom. The molecule has 118 valence electrons. The third-order valence-corrected chi connectivity index (χ3v) is 4.79. The van der Waals surface area contributed by atoms with Gasteiger partial charge < -0.3 is 10.1 Å². The topological polar surface area (TPSA) is 79.0 Å². The summed E-state index contributed by atoms with van der Waals surface area (Å²) in [7, 11) is -1.02. The summed E-state index contributed by atoms with van der Waals surface area (Å²) in [4.78, 5) is 12.3. The second-order valence-corrected chi connectivity index (χ2v) is 8.07. The quantitative estimate of drug-likeness (QED) is 0.833. The first-order valence-electron chi connectivity index (χ1n) is 6.71. The highest BCUT2D eigenvalue weighted by Gasteiger charge is 2.39. The molecule has 1 aliphatic rings. The molecule has 0 saturated carbocycles. The third-order valence-electron chi connectivity index (χ3n) is 2.92. The Morgan fingerprint density at radius 1 is 1.20 bits per heavy atom. The van der Waals surface area contributed by atoms with Crippen molar-refractivity contribution in [2.45, 2.75) is 45.3 Å². The second-order valence-electron chi connectivity index (χ2n) is 6.05. The molecule has 0 spiro atoms. The van der Waals surface area contributed by atoms with E-state index in [1.807, 2.05) is 0 Å². The van der Waals surface area contributed by atoms with E-state index in [2.05, 4.69) is 5.32 Å². The van der Waals surface area contributed by atoms with Gasteiger partial charge in [0, 0.05) is 14.1 Å². The van der Waals surface area contributed by atoms with Gasteiger partial charge in [0.1, 0.15) is 5.60 Å². The first-order valence-corrected chi connectivity index (χ1v) is 8.11. The number of nitrogens with one attached hydrogen (secondary N) is 1. The van der Waals surface area contributed by atoms with Crippen molar-refractivity contribution in [1.29, 1.82) is 0 Å². The van der Waals surface area contributed by atoms with Crippen LogP contribution in [0.4, 0.5) is 4.79 Å². The minimum Gasteiger partial charge on any atom is -0.443 e. The summed E-state index contributed by atoms with van der Waals surface area (Å²) in [6.45, 7) is 6.52. The summed E-state index contributed by atoms with van der Waals surface area (Å²) in [6.07, 6.45) is 0.372. The van der Waals surface area contributed by atoms with E-state index < -0.39 is 21.9 Å². The summed E-state index contributed by atoms with van der Waals surface area (Å²) in [5.41, 5.74) is -0.732. The molecular formula is C12H25N3O4S. The van der Waals surface area contributed by atoms with Crippen molar-refractivity contribution in [3.63, 3.8) is 0 Å². The fraction of sp³-hybridized carbons (Fsp3) is 0.917. The Labute approximate surface area is 121 Å². The van der Waals surface area contributed by atoms with Gasteiger partial charge in [-0.1, -0.05) is 0 Å². The second kappa shape index (κ2) is 6.28. The highest BCUT2D eigenvalue weighted by atomic mass is 32.2. The van der Waals surface area contributed by atoms with Gasteiger partial charge in [0.25, 0.3) is 0 Å². The number of piperidine rings is 1. The molecule has 7 nitrogen and oxygen atoms in total. The summed E-state index contributed by atoms with van der Waals surface area (Å²) < 4.78 is 32.0. The Morgan fingerprint density at radius 3 is 2.10 bits per heavy atom. The molecular weight excluding hydrogens is 282 g/mol. The average molecular weight is 307 g/mol. The largest absolute Gasteiger partial charge is 0.443 e. The van der Waals surface area contributed by atoms with Crippen molar-refractivity contribution in [2.24, 2.45) is 0 Å². The molecule has 0 aromatic heterocycles. The zero-order valence-corrected chi connectivity index (χ0v) is 13.7. The van der Waals surface area contributed by atoms with Crippen LogP contribution in [0.25, 0.3) is 0 Å². The average Bonchev–Trinajstić information content (AvgIpc) is 2.27. The van der Waals surface area contributed by atoms with Crippen molar-refractivity contribution < 1.29 is 17.9 Å². The molecule has 0 unspecified atom stereocenters. The number of nitrogens with zero attached hydrogens (tertiary/aromatic N) is 2. The van der Waals surface area contributed by atoms with Crippen LogP contribution in [-0.4, -0.2) is 61.9 Å². The molecule has 1 rings (SSSR count). The molecule has 1 aliphatic heterocycles. The van der Waals surface area contributed by atoms with Crippen LogP contribution in [0.1, 0.15) is 33.6 Å². The molecule has 0 bridgehead atoms. The van der Waals surface area contributed by atoms with Crippen LogP contribution >= 0.6 is 0 Å². The minimum atomic E-state index is -3.85. The van der Waals surface area contributed by atoms with Gasteiger partial charge in [-0.15, -0.1) is 0 Å². The van der Waals surface area contributed by atoms with Crippen LogP contribution in [-0.2, 0) is 14.9 Å². The van der Waals surface area contributed by atoms with Gasteiger partial charge in [0.2, 0.25) is 0 Å². The predicted octanol–water partition coefficient (Wildman–Crippen LogP) is 0.782. The summed E-state index contributed by atoms with van der Waals surface area (Å²) in [6, 6.07) is -0.363. The number of rotatable bonds is 3. The molecule has 8 heteroatoms. The van der Waals surface area contributed by atoms with Crippen LogP contribution in [0.2, 0.25) is 0 Å². The summed E-state index contributed by atoms with van der Waals surface area (Å²) >= 11 is 0.